The Bertz CT molecular complexity index is 665. The average Bonchev–Trinajstić information content (AvgIpc) is 2.68. The maximum Gasteiger partial charge on any atom is 0.338 e. The summed E-state index contributed by atoms with van der Waals surface area (Å²) in [6.07, 6.45) is 5.28. The van der Waals surface area contributed by atoms with E-state index in [0.717, 1.165) is 24.8 Å². The van der Waals surface area contributed by atoms with E-state index in [2.05, 4.69) is 6.92 Å². The van der Waals surface area contributed by atoms with Gasteiger partial charge in [-0.25, -0.2) is 9.59 Å². The standard InChI is InChI=1S/C13H18O2.C9H10O2/c1-2-3-4-8-11-15-13(14)12-9-6-5-7-10-12;1-2-7-5-3-4-6-8(7)9(10)11/h5-7,9-10H,2-4,8,11H2,1H3;3-6H,2H2,1H3,(H,10,11). The van der Waals surface area contributed by atoms with Crippen molar-refractivity contribution in [2.45, 2.75) is 46.0 Å². The highest BCUT2D eigenvalue weighted by Gasteiger charge is 2.06. The minimum Gasteiger partial charge on any atom is -0.478 e. The fraction of sp³-hybridized carbons (Fsp3) is 0.364. The highest BCUT2D eigenvalue weighted by molar-refractivity contribution is 5.89. The van der Waals surface area contributed by atoms with Gasteiger partial charge in [0.1, 0.15) is 0 Å². The van der Waals surface area contributed by atoms with E-state index in [9.17, 15) is 9.59 Å². The molecule has 0 saturated carbocycles. The molecule has 0 spiro atoms. The predicted molar refractivity (Wildman–Crippen MR) is 104 cm³/mol. The fourth-order valence-electron chi connectivity index (χ4n) is 2.39. The molecule has 0 unspecified atom stereocenters. The van der Waals surface area contributed by atoms with E-state index in [0.29, 0.717) is 17.7 Å². The van der Waals surface area contributed by atoms with Crippen LogP contribution in [-0.4, -0.2) is 23.7 Å². The van der Waals surface area contributed by atoms with Gasteiger partial charge >= 0.3 is 11.9 Å². The Balaban J connectivity index is 0.000000273. The van der Waals surface area contributed by atoms with Crippen LogP contribution in [0.3, 0.4) is 0 Å². The van der Waals surface area contributed by atoms with Crippen LogP contribution in [0.2, 0.25) is 0 Å². The van der Waals surface area contributed by atoms with Gasteiger partial charge in [0.25, 0.3) is 0 Å². The molecule has 0 aliphatic carbocycles. The molecule has 26 heavy (non-hydrogen) atoms. The summed E-state index contributed by atoms with van der Waals surface area (Å²) in [5.74, 6) is -1.06. The number of esters is 1. The van der Waals surface area contributed by atoms with Crippen molar-refractivity contribution in [3.8, 4) is 0 Å². The Morgan fingerprint density at radius 1 is 0.885 bits per heavy atom. The van der Waals surface area contributed by atoms with E-state index in [1.807, 2.05) is 37.3 Å². The zero-order valence-electron chi connectivity index (χ0n) is 15.6. The Labute approximate surface area is 155 Å². The number of aryl methyl sites for hydroxylation is 1. The third kappa shape index (κ3) is 7.97. The van der Waals surface area contributed by atoms with Gasteiger partial charge in [0.2, 0.25) is 0 Å². The minimum absolute atomic E-state index is 0.216. The molecule has 2 aromatic carbocycles. The lowest BCUT2D eigenvalue weighted by molar-refractivity contribution is 0.0497. The number of ether oxygens (including phenoxy) is 1. The molecule has 0 aliphatic heterocycles. The zero-order chi connectivity index (χ0) is 19.2. The van der Waals surface area contributed by atoms with Crippen molar-refractivity contribution in [1.82, 2.24) is 0 Å². The third-order valence-electron chi connectivity index (χ3n) is 3.87. The van der Waals surface area contributed by atoms with Crippen LogP contribution in [0, 0.1) is 0 Å². The van der Waals surface area contributed by atoms with Gasteiger partial charge < -0.3 is 9.84 Å². The number of rotatable bonds is 8. The molecule has 140 valence electrons. The molecule has 4 nitrogen and oxygen atoms in total. The van der Waals surface area contributed by atoms with Gasteiger partial charge in [-0.1, -0.05) is 69.5 Å². The summed E-state index contributed by atoms with van der Waals surface area (Å²) in [5, 5.41) is 8.70. The normalized spacial score (nSPS) is 9.77. The summed E-state index contributed by atoms with van der Waals surface area (Å²) < 4.78 is 5.14. The summed E-state index contributed by atoms with van der Waals surface area (Å²) in [5.41, 5.74) is 1.93. The summed E-state index contributed by atoms with van der Waals surface area (Å²) in [7, 11) is 0. The van der Waals surface area contributed by atoms with Gasteiger partial charge in [-0.3, -0.25) is 0 Å². The van der Waals surface area contributed by atoms with Gasteiger partial charge in [-0.05, 0) is 36.6 Å². The first kappa shape index (κ1) is 21.4. The molecule has 0 fully saturated rings. The molecule has 0 aliphatic rings. The van der Waals surface area contributed by atoms with Crippen molar-refractivity contribution >= 4 is 11.9 Å². The van der Waals surface area contributed by atoms with Crippen molar-refractivity contribution < 1.29 is 19.4 Å². The van der Waals surface area contributed by atoms with Crippen molar-refractivity contribution in [3.05, 3.63) is 71.3 Å². The molecular weight excluding hydrogens is 328 g/mol. The van der Waals surface area contributed by atoms with Crippen LogP contribution >= 0.6 is 0 Å². The number of carboxylic acids is 1. The van der Waals surface area contributed by atoms with E-state index >= 15 is 0 Å². The number of carbonyl (C=O) groups is 2. The summed E-state index contributed by atoms with van der Waals surface area (Å²) in [6.45, 7) is 4.64. The Morgan fingerprint density at radius 2 is 1.54 bits per heavy atom. The number of hydrogen-bond acceptors (Lipinski definition) is 3. The summed E-state index contributed by atoms with van der Waals surface area (Å²) >= 11 is 0. The molecule has 1 N–H and O–H groups in total. The molecule has 0 aromatic heterocycles. The number of hydrogen-bond donors (Lipinski definition) is 1. The predicted octanol–water partition coefficient (Wildman–Crippen LogP) is 5.37. The Morgan fingerprint density at radius 3 is 2.12 bits per heavy atom. The van der Waals surface area contributed by atoms with Crippen molar-refractivity contribution in [2.75, 3.05) is 6.61 Å². The Kier molecular flexibility index (Phi) is 10.5. The van der Waals surface area contributed by atoms with Gasteiger partial charge in [0.05, 0.1) is 17.7 Å². The molecule has 0 amide bonds. The molecule has 4 heteroatoms. The minimum atomic E-state index is -0.845. The molecule has 0 saturated heterocycles. The van der Waals surface area contributed by atoms with Crippen molar-refractivity contribution in [2.24, 2.45) is 0 Å². The number of carbonyl (C=O) groups excluding carboxylic acids is 1. The monoisotopic (exact) mass is 356 g/mol. The van der Waals surface area contributed by atoms with Crippen LogP contribution in [-0.2, 0) is 11.2 Å². The molecule has 2 rings (SSSR count). The molecule has 0 radical (unpaired) electrons. The average molecular weight is 356 g/mol. The lowest BCUT2D eigenvalue weighted by Gasteiger charge is -2.03. The van der Waals surface area contributed by atoms with Gasteiger partial charge in [0.15, 0.2) is 0 Å². The van der Waals surface area contributed by atoms with Crippen LogP contribution in [0.4, 0.5) is 0 Å². The van der Waals surface area contributed by atoms with Gasteiger partial charge in [-0.2, -0.15) is 0 Å². The molecule has 0 heterocycles. The molecular formula is C22H28O4. The lowest BCUT2D eigenvalue weighted by atomic mass is 10.1. The fourth-order valence-corrected chi connectivity index (χ4v) is 2.39. The second-order valence-electron chi connectivity index (χ2n) is 5.88. The van der Waals surface area contributed by atoms with E-state index < -0.39 is 5.97 Å². The topological polar surface area (TPSA) is 63.6 Å². The number of carboxylic acid groups (broad SMARTS) is 1. The first-order valence-corrected chi connectivity index (χ1v) is 9.13. The van der Waals surface area contributed by atoms with E-state index in [4.69, 9.17) is 9.84 Å². The van der Waals surface area contributed by atoms with Crippen LogP contribution in [0.15, 0.2) is 54.6 Å². The van der Waals surface area contributed by atoms with E-state index in [1.54, 1.807) is 24.3 Å². The number of benzene rings is 2. The van der Waals surface area contributed by atoms with E-state index in [-0.39, 0.29) is 5.97 Å². The van der Waals surface area contributed by atoms with Crippen LogP contribution in [0.1, 0.15) is 65.8 Å². The lowest BCUT2D eigenvalue weighted by Crippen LogP contribution is -2.06. The summed E-state index contributed by atoms with van der Waals surface area (Å²) in [6, 6.07) is 16.2. The Hall–Kier alpha value is -2.62. The maximum absolute atomic E-state index is 11.5. The first-order valence-electron chi connectivity index (χ1n) is 9.13. The van der Waals surface area contributed by atoms with Gasteiger partial charge in [-0.15, -0.1) is 0 Å². The second kappa shape index (κ2) is 12.7. The highest BCUT2D eigenvalue weighted by Crippen LogP contribution is 2.08. The second-order valence-corrected chi connectivity index (χ2v) is 5.88. The smallest absolute Gasteiger partial charge is 0.338 e. The quantitative estimate of drug-likeness (QED) is 0.510. The maximum atomic E-state index is 11.5. The SMILES string of the molecule is CCCCCCOC(=O)c1ccccc1.CCc1ccccc1C(=O)O. The number of aromatic carboxylic acids is 1. The van der Waals surface area contributed by atoms with E-state index in [1.165, 1.54) is 12.8 Å². The first-order chi connectivity index (χ1) is 12.6. The molecule has 2 aromatic rings. The molecule has 0 atom stereocenters. The zero-order valence-corrected chi connectivity index (χ0v) is 15.6. The van der Waals surface area contributed by atoms with Crippen molar-refractivity contribution in [1.29, 1.82) is 0 Å². The molecule has 0 bridgehead atoms. The van der Waals surface area contributed by atoms with Gasteiger partial charge in [0, 0.05) is 0 Å². The van der Waals surface area contributed by atoms with Crippen LogP contribution < -0.4 is 0 Å². The van der Waals surface area contributed by atoms with Crippen LogP contribution in [0.25, 0.3) is 0 Å². The third-order valence-corrected chi connectivity index (χ3v) is 3.87. The largest absolute Gasteiger partial charge is 0.478 e. The highest BCUT2D eigenvalue weighted by atomic mass is 16.5. The van der Waals surface area contributed by atoms with Crippen molar-refractivity contribution in [3.63, 3.8) is 0 Å². The van der Waals surface area contributed by atoms with Crippen LogP contribution in [0.5, 0.6) is 0 Å². The summed E-state index contributed by atoms with van der Waals surface area (Å²) in [4.78, 5) is 22.0. The number of unbranched alkanes of at least 4 members (excludes halogenated alkanes) is 3.